The third-order valence-corrected chi connectivity index (χ3v) is 22.3. The average molecular weight is 2060 g/mol. The SMILES string of the molecule is CC(=O)c1cc(Br)ccc1O.CC1(C#N)CCOc2ccccc21.CPC.C[Si](C)(C)C#N.O=C(O)C1CCOc2ccccc21.O=C1CC(C2CCOc3ccccc32)Oc2ccc(Br)cc21.O=C1CCOc2ccccc21.O=CC1CCOc2ccccc21.O=CC1CCOc2ccccc21.OCC1CCOc2ccccc21.[C-]#[N+]c1ccc(B(O)O)cc1.[Cl][Sn][Cl]. The van der Waals surface area contributed by atoms with Crippen LogP contribution in [0.15, 0.2) is 239 Å². The molecule has 30 heteroatoms. The number of phenols is 1. The predicted molar refractivity (Wildman–Crippen MR) is 516 cm³/mol. The third-order valence-electron chi connectivity index (χ3n) is 20.6. The van der Waals surface area contributed by atoms with Crippen molar-refractivity contribution in [1.29, 1.82) is 10.5 Å². The van der Waals surface area contributed by atoms with Gasteiger partial charge in [-0.1, -0.05) is 197 Å². The van der Waals surface area contributed by atoms with Crippen molar-refractivity contribution in [2.24, 2.45) is 0 Å². The van der Waals surface area contributed by atoms with Gasteiger partial charge < -0.3 is 72.9 Å². The molecule has 7 unspecified atom stereocenters. The number of phenolic OH excluding ortho intramolecular Hbond substituents is 1. The van der Waals surface area contributed by atoms with Crippen LogP contribution in [0.25, 0.3) is 4.85 Å². The number of Topliss-reactive ketones (excluding diaryl/α,β-unsaturated/α-hetero) is 3. The molecule has 5 N–H and O–H groups in total. The molecule has 10 aromatic carbocycles. The number of rotatable bonds is 7. The number of nitrogens with zero attached hydrogens (tertiary/aromatic N) is 3. The Labute approximate surface area is 792 Å². The number of hydrogen-bond acceptors (Lipinski definition) is 20. The average Bonchev–Trinajstić information content (AvgIpc) is 0.770. The second-order valence-electron chi connectivity index (χ2n) is 30.9. The van der Waals surface area contributed by atoms with Crippen LogP contribution in [0.3, 0.4) is 0 Å². The molecule has 0 fully saturated rings. The fourth-order valence-electron chi connectivity index (χ4n) is 13.9. The summed E-state index contributed by atoms with van der Waals surface area (Å²) < 4.78 is 45.9. The Hall–Kier alpha value is -10.4. The topological polar surface area (TPSA) is 329 Å². The summed E-state index contributed by atoms with van der Waals surface area (Å²) in [7, 11) is 8.18. The number of carbonyl (C=O) groups excluding carboxylic acids is 5. The zero-order chi connectivity index (χ0) is 93.8. The number of ketones is 3. The van der Waals surface area contributed by atoms with Gasteiger partial charge in [0.25, 0.3) is 0 Å². The number of carboxylic acids is 1. The van der Waals surface area contributed by atoms with Gasteiger partial charge in [-0.15, -0.1) is 8.58 Å². The zero-order valence-corrected chi connectivity index (χ0v) is 82.3. The van der Waals surface area contributed by atoms with Gasteiger partial charge in [-0.3, -0.25) is 19.2 Å². The van der Waals surface area contributed by atoms with Crippen molar-refractivity contribution in [2.75, 3.05) is 66.2 Å². The number of ether oxygens (including phenoxy) is 8. The van der Waals surface area contributed by atoms with Crippen LogP contribution < -0.4 is 43.4 Å². The molecular formula is C99H105BBr2Cl2N3O19PSiSn. The first kappa shape index (κ1) is 106. The van der Waals surface area contributed by atoms with Crippen LogP contribution in [0, 0.1) is 28.9 Å². The molecule has 674 valence electrons. The fourth-order valence-corrected chi connectivity index (χ4v) is 14.6. The molecule has 0 spiro atoms. The van der Waals surface area contributed by atoms with Crippen molar-refractivity contribution in [2.45, 2.75) is 126 Å². The molecule has 7 atom stereocenters. The van der Waals surface area contributed by atoms with E-state index in [9.17, 15) is 28.8 Å². The molecule has 2 radical (unpaired) electrons. The molecule has 0 aromatic heterocycles. The number of aromatic hydroxyl groups is 1. The maximum absolute atomic E-state index is 12.5. The normalized spacial score (nSPS) is 18.0. The maximum atomic E-state index is 12.5. The van der Waals surface area contributed by atoms with E-state index in [0.717, 1.165) is 142 Å². The Balaban J connectivity index is 0.000000197. The van der Waals surface area contributed by atoms with Gasteiger partial charge in [0.05, 0.1) is 93.5 Å². The molecule has 22 nitrogen and oxygen atoms in total. The molecule has 0 saturated heterocycles. The molecule has 8 heterocycles. The standard InChI is InChI=1S/C18H15BrO3.C11H11NO.C10H10O3.C10H12O2.2C10H10O2.C9H8O2.C8H7BrO2.C7H6BNO2.C4H9NSi.C2H7P.2ClH.Sn/c19-11-5-6-17-14(9-11)15(20)10-18(22-17)13-7-8-21-16-4-2-1-3-12(13)16;1-11(8-12)6-7-13-10-5-3-2-4-9(10)11;11-10(12)8-5-6-13-9-4-2-1-3-7(8)9;3*11-7-8-5-6-12-10-4-2-1-3-9(8)10;10-8-5-6-11-9-4-2-1-3-7(8)9;1-5(10)7-4-6(9)2-3-8(7)11;1-9-7-4-2-6(3-5-7)8(10)11;1-6(2,3)4-5;1-3-2;;;/h1-6,9,13,18H,7-8,10H2;2-5H,6-7H2,1H3;1-4,8H,5-6H2,(H,11,12);1-4,8,11H,5-7H2;2*1-4,7-8H,5-6H2;1-4H,5-6H2;2-4,11H,1H3;2-5,10-11H;1-3H3;3H,1-2H3;2*1H;/q;;;;;;;;;;;;;+2/p-2. The van der Waals surface area contributed by atoms with Crippen molar-refractivity contribution in [3.63, 3.8) is 0 Å². The minimum absolute atomic E-state index is 0.0284. The molecule has 0 aliphatic carbocycles. The minimum atomic E-state index is -1.45. The van der Waals surface area contributed by atoms with Gasteiger partial charge in [0.2, 0.25) is 0 Å². The number of hydrogen-bond donors (Lipinski definition) is 5. The number of halogens is 4. The van der Waals surface area contributed by atoms with Crippen LogP contribution in [0.1, 0.15) is 159 Å². The van der Waals surface area contributed by atoms with E-state index < -0.39 is 46.0 Å². The van der Waals surface area contributed by atoms with Crippen LogP contribution in [0.4, 0.5) is 5.69 Å². The van der Waals surface area contributed by atoms with Crippen LogP contribution in [-0.2, 0) is 19.8 Å². The van der Waals surface area contributed by atoms with Crippen molar-refractivity contribution in [1.82, 2.24) is 0 Å². The van der Waals surface area contributed by atoms with E-state index in [1.54, 1.807) is 30.3 Å². The molecular weight excluding hydrogens is 1950 g/mol. The third kappa shape index (κ3) is 33.2. The summed E-state index contributed by atoms with van der Waals surface area (Å²) in [6.45, 7) is 25.0. The van der Waals surface area contributed by atoms with Gasteiger partial charge in [0, 0.05) is 85.4 Å². The van der Waals surface area contributed by atoms with Gasteiger partial charge in [-0.25, -0.2) is 10.1 Å². The van der Waals surface area contributed by atoms with E-state index in [1.807, 2.05) is 202 Å². The van der Waals surface area contributed by atoms with Crippen molar-refractivity contribution in [3.05, 3.63) is 301 Å². The van der Waals surface area contributed by atoms with Gasteiger partial charge >= 0.3 is 49.8 Å². The number of para-hydroxylation sites is 7. The molecule has 8 aliphatic heterocycles. The van der Waals surface area contributed by atoms with E-state index >= 15 is 0 Å². The first-order valence-electron chi connectivity index (χ1n) is 41.6. The van der Waals surface area contributed by atoms with Crippen LogP contribution >= 0.6 is 58.3 Å². The summed E-state index contributed by atoms with van der Waals surface area (Å²) in [6.07, 6.45) is 7.57. The Morgan fingerprint density at radius 2 is 1.01 bits per heavy atom. The van der Waals surface area contributed by atoms with Crippen LogP contribution in [-0.4, -0.2) is 168 Å². The Morgan fingerprint density at radius 1 is 0.574 bits per heavy atom. The van der Waals surface area contributed by atoms with Gasteiger partial charge in [-0.2, -0.15) is 5.26 Å². The van der Waals surface area contributed by atoms with E-state index in [-0.39, 0.29) is 64.9 Å². The van der Waals surface area contributed by atoms with E-state index in [4.69, 9.17) is 98.2 Å². The summed E-state index contributed by atoms with van der Waals surface area (Å²) in [5.41, 5.74) is 10.7. The summed E-state index contributed by atoms with van der Waals surface area (Å²) in [5.74, 6) is 6.16. The van der Waals surface area contributed by atoms with Crippen LogP contribution in [0.2, 0.25) is 19.6 Å². The van der Waals surface area contributed by atoms with Crippen LogP contribution in [0.5, 0.6) is 51.7 Å². The molecule has 0 saturated carbocycles. The zero-order valence-electron chi connectivity index (χ0n) is 72.8. The number of nitriles is 2. The van der Waals surface area contributed by atoms with E-state index in [1.165, 1.54) is 25.1 Å². The summed E-state index contributed by atoms with van der Waals surface area (Å²) >= 11 is 5.78. The Morgan fingerprint density at radius 3 is 1.50 bits per heavy atom. The van der Waals surface area contributed by atoms with E-state index in [2.05, 4.69) is 67.9 Å². The van der Waals surface area contributed by atoms with Crippen molar-refractivity contribution < 1.29 is 92.0 Å². The number of carbonyl (C=O) groups is 6. The molecule has 8 aliphatic rings. The number of fused-ring (bicyclic) bond motifs is 8. The van der Waals surface area contributed by atoms with Gasteiger partial charge in [0.1, 0.15) is 70.4 Å². The summed E-state index contributed by atoms with van der Waals surface area (Å²) in [4.78, 5) is 69.9. The number of aliphatic hydroxyl groups excluding tert-OH is 1. The summed E-state index contributed by atoms with van der Waals surface area (Å²) in [5, 5.41) is 61.8. The predicted octanol–water partition coefficient (Wildman–Crippen LogP) is 20.5. The first-order valence-corrected chi connectivity index (χ1v) is 55.9. The number of benzene rings is 10. The Kier molecular flexibility index (Phi) is 45.5. The molecule has 0 bridgehead atoms. The molecule has 18 rings (SSSR count). The quantitative estimate of drug-likeness (QED) is 0.0325. The first-order chi connectivity index (χ1) is 62.1. The number of aldehydes is 2. The number of carboxylic acid groups (broad SMARTS) is 1. The Bertz CT molecular complexity index is 5380. The second-order valence-corrected chi connectivity index (χ2v) is 42.7. The number of aliphatic hydroxyl groups is 1. The van der Waals surface area contributed by atoms with Gasteiger partial charge in [-0.05, 0) is 155 Å². The molecule has 129 heavy (non-hydrogen) atoms. The summed E-state index contributed by atoms with van der Waals surface area (Å²) in [6, 6.07) is 72.7. The van der Waals surface area contributed by atoms with Gasteiger partial charge in [0.15, 0.2) is 31.1 Å². The fraction of sp³-hybridized carbons (Fsp3) is 0.303. The monoisotopic (exact) mass is 2060 g/mol. The second kappa shape index (κ2) is 55.6. The number of aliphatic carboxylic acids is 1. The van der Waals surface area contributed by atoms with Crippen molar-refractivity contribution in [3.8, 4) is 63.5 Å². The molecule has 10 aromatic rings. The van der Waals surface area contributed by atoms with E-state index in [0.29, 0.717) is 92.7 Å². The molecule has 0 amide bonds. The van der Waals surface area contributed by atoms with Crippen molar-refractivity contribution >= 4 is 139 Å².